The first-order chi connectivity index (χ1) is 19.2. The third-order valence-electron chi connectivity index (χ3n) is 7.26. The summed E-state index contributed by atoms with van der Waals surface area (Å²) in [6, 6.07) is 29.3. The summed E-state index contributed by atoms with van der Waals surface area (Å²) >= 11 is 0. The number of ether oxygens (including phenoxy) is 2. The van der Waals surface area contributed by atoms with Gasteiger partial charge in [0.25, 0.3) is 0 Å². The molecule has 0 spiro atoms. The number of rotatable bonds is 3. The van der Waals surface area contributed by atoms with Gasteiger partial charge in [-0.15, -0.1) is 0 Å². The molecule has 39 heavy (non-hydrogen) atoms. The second-order valence-electron chi connectivity index (χ2n) is 9.67. The Bertz CT molecular complexity index is 1660. The highest BCUT2D eigenvalue weighted by Gasteiger charge is 2.36. The predicted octanol–water partition coefficient (Wildman–Crippen LogP) is 5.88. The van der Waals surface area contributed by atoms with E-state index in [-0.39, 0.29) is 12.1 Å². The lowest BCUT2D eigenvalue weighted by molar-refractivity contribution is 0.171. The number of benzene rings is 3. The van der Waals surface area contributed by atoms with E-state index in [9.17, 15) is 4.79 Å². The van der Waals surface area contributed by atoms with Crippen LogP contribution in [0.1, 0.15) is 28.6 Å². The van der Waals surface area contributed by atoms with Crippen LogP contribution in [0.4, 0.5) is 10.5 Å². The number of carbonyl (C=O) groups is 1. The van der Waals surface area contributed by atoms with E-state index in [4.69, 9.17) is 14.6 Å². The summed E-state index contributed by atoms with van der Waals surface area (Å²) < 4.78 is 15.5. The van der Waals surface area contributed by atoms with Gasteiger partial charge in [-0.25, -0.2) is 9.48 Å². The number of nitrogens with zero attached hydrogens (tertiary/aromatic N) is 4. The van der Waals surface area contributed by atoms with Crippen molar-refractivity contribution >= 4 is 11.7 Å². The van der Waals surface area contributed by atoms with Gasteiger partial charge < -0.3 is 24.3 Å². The van der Waals surface area contributed by atoms with Gasteiger partial charge in [0.05, 0.1) is 29.7 Å². The number of urea groups is 1. The fourth-order valence-electron chi connectivity index (χ4n) is 5.45. The molecule has 0 unspecified atom stereocenters. The summed E-state index contributed by atoms with van der Waals surface area (Å²) in [5.74, 6) is 2.25. The van der Waals surface area contributed by atoms with Crippen LogP contribution < -0.4 is 14.8 Å². The quantitative estimate of drug-likeness (QED) is 0.324. The van der Waals surface area contributed by atoms with Gasteiger partial charge in [-0.2, -0.15) is 5.10 Å². The Hall–Kier alpha value is -4.98. The molecule has 0 radical (unpaired) electrons. The molecule has 2 aromatic heterocycles. The summed E-state index contributed by atoms with van der Waals surface area (Å²) in [6.45, 7) is 3.38. The van der Waals surface area contributed by atoms with Crippen molar-refractivity contribution in [3.8, 4) is 23.0 Å². The smallest absolute Gasteiger partial charge is 0.322 e. The second kappa shape index (κ2) is 9.40. The molecule has 5 aromatic rings. The molecule has 0 saturated carbocycles. The lowest BCUT2D eigenvalue weighted by atomic mass is 10.0. The van der Waals surface area contributed by atoms with Crippen LogP contribution in [0.25, 0.3) is 11.5 Å². The molecule has 1 N–H and O–H groups in total. The van der Waals surface area contributed by atoms with Crippen LogP contribution in [-0.4, -0.2) is 38.5 Å². The zero-order valence-corrected chi connectivity index (χ0v) is 21.4. The van der Waals surface area contributed by atoms with E-state index in [0.29, 0.717) is 36.9 Å². The van der Waals surface area contributed by atoms with Crippen LogP contribution in [-0.2, 0) is 6.54 Å². The van der Waals surface area contributed by atoms with E-state index in [1.807, 2.05) is 95.5 Å². The lowest BCUT2D eigenvalue weighted by Crippen LogP contribution is -2.38. The highest BCUT2D eigenvalue weighted by Crippen LogP contribution is 2.39. The standard InChI is InChI=1S/C31H27N5O3/c1-21-25-20-35(31(37)32-23-14-15-27-28(19-23)39-18-17-38-27)29(22-9-4-2-5-10-22)26-13-8-16-34(26)30(25)36(33-21)24-11-6-3-7-12-24/h2-16,19,29H,17-18,20H2,1H3,(H,32,37)/t29-/m0/s1. The molecule has 1 atom stereocenters. The van der Waals surface area contributed by atoms with Gasteiger partial charge >= 0.3 is 6.03 Å². The Kier molecular flexibility index (Phi) is 5.58. The monoisotopic (exact) mass is 517 g/mol. The van der Waals surface area contributed by atoms with Crippen LogP contribution >= 0.6 is 0 Å². The molecule has 2 aliphatic heterocycles. The first kappa shape index (κ1) is 23.2. The van der Waals surface area contributed by atoms with Gasteiger partial charge in [0.2, 0.25) is 0 Å². The SMILES string of the molecule is Cc1nn(-c2ccccc2)c2c1CN(C(=O)Nc1ccc3c(c1)OCCO3)[C@@H](c1ccccc1)c1cccn1-2. The number of amides is 2. The van der Waals surface area contributed by atoms with Gasteiger partial charge in [0.15, 0.2) is 11.5 Å². The van der Waals surface area contributed by atoms with E-state index in [0.717, 1.165) is 34.0 Å². The first-order valence-corrected chi connectivity index (χ1v) is 13.0. The van der Waals surface area contributed by atoms with Crippen molar-refractivity contribution in [2.24, 2.45) is 0 Å². The van der Waals surface area contributed by atoms with Gasteiger partial charge in [-0.1, -0.05) is 48.5 Å². The van der Waals surface area contributed by atoms with Gasteiger partial charge in [-0.05, 0) is 48.9 Å². The van der Waals surface area contributed by atoms with Crippen molar-refractivity contribution in [1.82, 2.24) is 19.2 Å². The molecule has 2 aliphatic rings. The van der Waals surface area contributed by atoms with Crippen LogP contribution in [0.3, 0.4) is 0 Å². The number of para-hydroxylation sites is 1. The average molecular weight is 518 g/mol. The van der Waals surface area contributed by atoms with Crippen LogP contribution in [0.5, 0.6) is 11.5 Å². The van der Waals surface area contributed by atoms with E-state index in [2.05, 4.69) is 28.1 Å². The number of nitrogens with one attached hydrogen (secondary N) is 1. The molecule has 8 nitrogen and oxygen atoms in total. The molecule has 0 bridgehead atoms. The van der Waals surface area contributed by atoms with Crippen molar-refractivity contribution in [3.63, 3.8) is 0 Å². The third-order valence-corrected chi connectivity index (χ3v) is 7.26. The highest BCUT2D eigenvalue weighted by molar-refractivity contribution is 5.90. The van der Waals surface area contributed by atoms with Gasteiger partial charge in [0.1, 0.15) is 19.0 Å². The normalized spacial score (nSPS) is 15.7. The van der Waals surface area contributed by atoms with Crippen molar-refractivity contribution in [2.75, 3.05) is 18.5 Å². The Labute approximate surface area is 226 Å². The fraction of sp³-hybridized carbons (Fsp3) is 0.161. The Balaban J connectivity index is 1.35. The molecule has 0 aliphatic carbocycles. The third kappa shape index (κ3) is 4.01. The maximum atomic E-state index is 14.1. The topological polar surface area (TPSA) is 73.6 Å². The van der Waals surface area contributed by atoms with Crippen LogP contribution in [0, 0.1) is 6.92 Å². The van der Waals surface area contributed by atoms with Crippen molar-refractivity contribution in [1.29, 1.82) is 0 Å². The number of hydrogen-bond donors (Lipinski definition) is 1. The van der Waals surface area contributed by atoms with Crippen LogP contribution in [0.15, 0.2) is 97.2 Å². The number of anilines is 1. The summed E-state index contributed by atoms with van der Waals surface area (Å²) in [4.78, 5) is 16.0. The molecule has 2 amide bonds. The summed E-state index contributed by atoms with van der Waals surface area (Å²) in [5, 5.41) is 8.03. The zero-order valence-electron chi connectivity index (χ0n) is 21.4. The molecular formula is C31H27N5O3. The molecule has 194 valence electrons. The van der Waals surface area contributed by atoms with E-state index in [1.165, 1.54) is 0 Å². The summed E-state index contributed by atoms with van der Waals surface area (Å²) in [7, 11) is 0. The number of fused-ring (bicyclic) bond motifs is 4. The summed E-state index contributed by atoms with van der Waals surface area (Å²) in [5.41, 5.74) is 5.48. The number of aryl methyl sites for hydroxylation is 1. The van der Waals surface area contributed by atoms with Gasteiger partial charge in [-0.3, -0.25) is 0 Å². The molecule has 0 saturated heterocycles. The van der Waals surface area contributed by atoms with Gasteiger partial charge in [0, 0.05) is 23.5 Å². The van der Waals surface area contributed by atoms with E-state index >= 15 is 0 Å². The molecule has 4 heterocycles. The van der Waals surface area contributed by atoms with Crippen molar-refractivity contribution in [3.05, 3.63) is 120 Å². The molecule has 8 heteroatoms. The minimum Gasteiger partial charge on any atom is -0.486 e. The van der Waals surface area contributed by atoms with E-state index in [1.54, 1.807) is 0 Å². The number of hydrogen-bond acceptors (Lipinski definition) is 4. The number of aromatic nitrogens is 3. The largest absolute Gasteiger partial charge is 0.486 e. The minimum absolute atomic E-state index is 0.215. The molecule has 0 fully saturated rings. The maximum Gasteiger partial charge on any atom is 0.322 e. The maximum absolute atomic E-state index is 14.1. The second-order valence-corrected chi connectivity index (χ2v) is 9.67. The Morgan fingerprint density at radius 1 is 0.897 bits per heavy atom. The minimum atomic E-state index is -0.325. The average Bonchev–Trinajstić information content (AvgIpc) is 3.54. The van der Waals surface area contributed by atoms with Crippen molar-refractivity contribution in [2.45, 2.75) is 19.5 Å². The fourth-order valence-corrected chi connectivity index (χ4v) is 5.45. The zero-order chi connectivity index (χ0) is 26.3. The molecule has 3 aromatic carbocycles. The highest BCUT2D eigenvalue weighted by atomic mass is 16.6. The predicted molar refractivity (Wildman–Crippen MR) is 148 cm³/mol. The van der Waals surface area contributed by atoms with E-state index < -0.39 is 0 Å². The van der Waals surface area contributed by atoms with Crippen molar-refractivity contribution < 1.29 is 14.3 Å². The lowest BCUT2D eigenvalue weighted by Gasteiger charge is -2.31. The molecule has 7 rings (SSSR count). The van der Waals surface area contributed by atoms with Crippen LogP contribution in [0.2, 0.25) is 0 Å². The summed E-state index contributed by atoms with van der Waals surface area (Å²) in [6.07, 6.45) is 2.05. The molecular weight excluding hydrogens is 490 g/mol. The first-order valence-electron chi connectivity index (χ1n) is 13.0. The Morgan fingerprint density at radius 2 is 1.64 bits per heavy atom. The number of carbonyl (C=O) groups excluding carboxylic acids is 1. The Morgan fingerprint density at radius 3 is 2.44 bits per heavy atom.